The van der Waals surface area contributed by atoms with Crippen molar-refractivity contribution in [3.63, 3.8) is 0 Å². The molecule has 6 nitrogen and oxygen atoms in total. The van der Waals surface area contributed by atoms with Gasteiger partial charge in [-0.25, -0.2) is 17.9 Å². The van der Waals surface area contributed by atoms with Gasteiger partial charge in [-0.05, 0) is 30.4 Å². The SMILES string of the molecule is O=C(NC(c1ccccc1)c1ccccc1)NS(=O)(=O)C1CCCCO1. The molecule has 3 rings (SSSR count). The van der Waals surface area contributed by atoms with E-state index in [0.29, 0.717) is 13.0 Å². The lowest BCUT2D eigenvalue weighted by Gasteiger charge is -2.24. The van der Waals surface area contributed by atoms with E-state index in [2.05, 4.69) is 10.0 Å². The number of carbonyl (C=O) groups excluding carboxylic acids is 1. The largest absolute Gasteiger partial charge is 0.360 e. The maximum absolute atomic E-state index is 12.4. The lowest BCUT2D eigenvalue weighted by molar-refractivity contribution is 0.0655. The van der Waals surface area contributed by atoms with E-state index in [4.69, 9.17) is 4.74 Å². The second-order valence-corrected chi connectivity index (χ2v) is 7.99. The molecule has 7 heteroatoms. The van der Waals surface area contributed by atoms with Crippen LogP contribution in [0, 0.1) is 0 Å². The molecule has 2 aromatic rings. The van der Waals surface area contributed by atoms with Crippen LogP contribution in [-0.2, 0) is 14.8 Å². The molecule has 0 saturated carbocycles. The number of urea groups is 1. The fourth-order valence-electron chi connectivity index (χ4n) is 2.96. The molecular weight excluding hydrogens is 352 g/mol. The topological polar surface area (TPSA) is 84.5 Å². The Balaban J connectivity index is 1.75. The number of rotatable bonds is 5. The average Bonchev–Trinajstić information content (AvgIpc) is 2.68. The molecule has 2 aromatic carbocycles. The quantitative estimate of drug-likeness (QED) is 0.843. The van der Waals surface area contributed by atoms with Crippen LogP contribution in [0.5, 0.6) is 0 Å². The molecule has 1 fully saturated rings. The van der Waals surface area contributed by atoms with Crippen LogP contribution in [0.4, 0.5) is 4.79 Å². The fraction of sp³-hybridized carbons (Fsp3) is 0.316. The Hall–Kier alpha value is -2.38. The Bertz CT molecular complexity index is 780. The summed E-state index contributed by atoms with van der Waals surface area (Å²) in [7, 11) is -3.88. The van der Waals surface area contributed by atoms with Crippen LogP contribution in [0.1, 0.15) is 36.4 Å². The van der Waals surface area contributed by atoms with Crippen molar-refractivity contribution in [2.24, 2.45) is 0 Å². The second kappa shape index (κ2) is 8.33. The van der Waals surface area contributed by atoms with E-state index in [1.54, 1.807) is 0 Å². The zero-order valence-corrected chi connectivity index (χ0v) is 15.1. The van der Waals surface area contributed by atoms with Crippen molar-refractivity contribution < 1.29 is 17.9 Å². The smallest absolute Gasteiger partial charge is 0.329 e. The van der Waals surface area contributed by atoms with Crippen LogP contribution in [-0.4, -0.2) is 26.5 Å². The average molecular weight is 374 g/mol. The molecule has 1 heterocycles. The first-order valence-corrected chi connectivity index (χ1v) is 10.1. The summed E-state index contributed by atoms with van der Waals surface area (Å²) in [5.41, 5.74) is 0.745. The number of hydrogen-bond donors (Lipinski definition) is 2. The standard InChI is InChI=1S/C19H22N2O4S/c22-19(21-26(23,24)17-13-7-8-14-25-17)20-18(15-9-3-1-4-10-15)16-11-5-2-6-12-16/h1-6,9-12,17-18H,7-8,13-14H2,(H2,20,21,22). The van der Waals surface area contributed by atoms with E-state index < -0.39 is 27.5 Å². The summed E-state index contributed by atoms with van der Waals surface area (Å²) in [4.78, 5) is 12.4. The van der Waals surface area contributed by atoms with Gasteiger partial charge in [0.1, 0.15) is 0 Å². The lowest BCUT2D eigenvalue weighted by Crippen LogP contribution is -2.46. The van der Waals surface area contributed by atoms with Crippen molar-refractivity contribution in [3.8, 4) is 0 Å². The summed E-state index contributed by atoms with van der Waals surface area (Å²) < 4.78 is 32.1. The summed E-state index contributed by atoms with van der Waals surface area (Å²) in [6.45, 7) is 0.393. The molecule has 26 heavy (non-hydrogen) atoms. The highest BCUT2D eigenvalue weighted by molar-refractivity contribution is 7.90. The molecular formula is C19H22N2O4S. The van der Waals surface area contributed by atoms with Gasteiger partial charge in [0.2, 0.25) is 0 Å². The van der Waals surface area contributed by atoms with E-state index in [0.717, 1.165) is 24.0 Å². The fourth-order valence-corrected chi connectivity index (χ4v) is 4.16. The van der Waals surface area contributed by atoms with E-state index in [-0.39, 0.29) is 0 Å². The number of amides is 2. The van der Waals surface area contributed by atoms with Crippen LogP contribution >= 0.6 is 0 Å². The monoisotopic (exact) mass is 374 g/mol. The number of sulfonamides is 1. The van der Waals surface area contributed by atoms with Gasteiger partial charge in [0.15, 0.2) is 5.44 Å². The molecule has 0 bridgehead atoms. The Morgan fingerprint density at radius 2 is 1.54 bits per heavy atom. The van der Waals surface area contributed by atoms with E-state index in [1.807, 2.05) is 60.7 Å². The van der Waals surface area contributed by atoms with Crippen LogP contribution < -0.4 is 10.0 Å². The molecule has 1 aliphatic rings. The van der Waals surface area contributed by atoms with Crippen molar-refractivity contribution in [1.82, 2.24) is 10.0 Å². The number of benzene rings is 2. The molecule has 0 spiro atoms. The summed E-state index contributed by atoms with van der Waals surface area (Å²) in [5.74, 6) is 0. The van der Waals surface area contributed by atoms with Crippen LogP contribution in [0.2, 0.25) is 0 Å². The highest BCUT2D eigenvalue weighted by atomic mass is 32.2. The normalized spacial score (nSPS) is 17.7. The van der Waals surface area contributed by atoms with Gasteiger partial charge in [-0.3, -0.25) is 0 Å². The molecule has 0 aromatic heterocycles. The van der Waals surface area contributed by atoms with Crippen molar-refractivity contribution in [1.29, 1.82) is 0 Å². The Labute approximate surface area is 153 Å². The third-order valence-corrected chi connectivity index (χ3v) is 5.79. The maximum atomic E-state index is 12.4. The summed E-state index contributed by atoms with van der Waals surface area (Å²) in [6.07, 6.45) is 2.00. The van der Waals surface area contributed by atoms with Crippen molar-refractivity contribution in [3.05, 3.63) is 71.8 Å². The number of carbonyl (C=O) groups is 1. The molecule has 1 atom stereocenters. The molecule has 0 aliphatic carbocycles. The van der Waals surface area contributed by atoms with E-state index >= 15 is 0 Å². The predicted octanol–water partition coefficient (Wildman–Crippen LogP) is 2.93. The molecule has 0 radical (unpaired) electrons. The Kier molecular flexibility index (Phi) is 5.90. The number of hydrogen-bond acceptors (Lipinski definition) is 4. The number of nitrogens with one attached hydrogen (secondary N) is 2. The van der Waals surface area contributed by atoms with Crippen LogP contribution in [0.3, 0.4) is 0 Å². The lowest BCUT2D eigenvalue weighted by atomic mass is 9.99. The highest BCUT2D eigenvalue weighted by Crippen LogP contribution is 2.22. The van der Waals surface area contributed by atoms with Crippen LogP contribution in [0.25, 0.3) is 0 Å². The third-order valence-electron chi connectivity index (χ3n) is 4.26. The van der Waals surface area contributed by atoms with Crippen molar-refractivity contribution >= 4 is 16.1 Å². The minimum atomic E-state index is -3.88. The first-order chi connectivity index (χ1) is 12.6. The Morgan fingerprint density at radius 3 is 2.04 bits per heavy atom. The molecule has 138 valence electrons. The first kappa shape index (κ1) is 18.4. The van der Waals surface area contributed by atoms with Gasteiger partial charge >= 0.3 is 6.03 Å². The van der Waals surface area contributed by atoms with Crippen molar-refractivity contribution in [2.45, 2.75) is 30.7 Å². The van der Waals surface area contributed by atoms with Gasteiger partial charge in [0.05, 0.1) is 6.04 Å². The van der Waals surface area contributed by atoms with Crippen molar-refractivity contribution in [2.75, 3.05) is 6.61 Å². The predicted molar refractivity (Wildman–Crippen MR) is 98.9 cm³/mol. The zero-order chi connectivity index (χ0) is 18.4. The van der Waals surface area contributed by atoms with Gasteiger partial charge in [-0.15, -0.1) is 0 Å². The molecule has 1 unspecified atom stereocenters. The van der Waals surface area contributed by atoms with Gasteiger partial charge in [-0.2, -0.15) is 0 Å². The molecule has 2 amide bonds. The minimum absolute atomic E-state index is 0.392. The van der Waals surface area contributed by atoms with E-state index in [1.165, 1.54) is 0 Å². The van der Waals surface area contributed by atoms with Gasteiger partial charge in [0, 0.05) is 6.61 Å². The van der Waals surface area contributed by atoms with Gasteiger partial charge < -0.3 is 10.1 Å². The third kappa shape index (κ3) is 4.62. The van der Waals surface area contributed by atoms with E-state index in [9.17, 15) is 13.2 Å². The van der Waals surface area contributed by atoms with Gasteiger partial charge in [-0.1, -0.05) is 60.7 Å². The molecule has 1 aliphatic heterocycles. The van der Waals surface area contributed by atoms with Crippen LogP contribution in [0.15, 0.2) is 60.7 Å². The Morgan fingerprint density at radius 1 is 0.962 bits per heavy atom. The zero-order valence-electron chi connectivity index (χ0n) is 14.3. The highest BCUT2D eigenvalue weighted by Gasteiger charge is 2.30. The summed E-state index contributed by atoms with van der Waals surface area (Å²) >= 11 is 0. The molecule has 2 N–H and O–H groups in total. The number of ether oxygens (including phenoxy) is 1. The minimum Gasteiger partial charge on any atom is -0.360 e. The maximum Gasteiger partial charge on any atom is 0.329 e. The first-order valence-electron chi connectivity index (χ1n) is 8.60. The molecule has 1 saturated heterocycles. The summed E-state index contributed by atoms with van der Waals surface area (Å²) in [6, 6.07) is 17.6. The summed E-state index contributed by atoms with van der Waals surface area (Å²) in [5, 5.41) is 2.76. The van der Waals surface area contributed by atoms with Gasteiger partial charge in [0.25, 0.3) is 10.0 Å². The second-order valence-electron chi connectivity index (χ2n) is 6.17.